The van der Waals surface area contributed by atoms with E-state index >= 15 is 0 Å². The van der Waals surface area contributed by atoms with Gasteiger partial charge in [0, 0.05) is 25.0 Å². The number of unbranched alkanes of at least 4 members (excludes halogenated alkanes) is 9. The Morgan fingerprint density at radius 1 is 0.759 bits per heavy atom. The average Bonchev–Trinajstić information content (AvgIpc) is 2.93. The van der Waals surface area contributed by atoms with E-state index in [0.717, 1.165) is 49.7 Å². The molecule has 0 amide bonds. The zero-order chi connectivity index (χ0) is 21.7. The van der Waals surface area contributed by atoms with E-state index in [0.29, 0.717) is 6.42 Å². The van der Waals surface area contributed by atoms with Gasteiger partial charge in [-0.15, -0.1) is 4.73 Å². The van der Waals surface area contributed by atoms with Crippen molar-refractivity contribution in [2.45, 2.75) is 103 Å². The van der Waals surface area contributed by atoms with E-state index in [-0.39, 0.29) is 24.2 Å². The number of carbonyl (C=O) groups is 2. The summed E-state index contributed by atoms with van der Waals surface area (Å²) in [5.41, 5.74) is -0.397. The van der Waals surface area contributed by atoms with Crippen LogP contribution in [0.5, 0.6) is 11.8 Å². The summed E-state index contributed by atoms with van der Waals surface area (Å²) in [7, 11) is 0. The smallest absolute Gasteiger partial charge is 0.333 e. The number of hydrogen-bond donors (Lipinski definition) is 2. The molecular weight excluding hydrogens is 374 g/mol. The van der Waals surface area contributed by atoms with Gasteiger partial charge in [-0.2, -0.15) is 0 Å². The minimum absolute atomic E-state index is 0.108. The van der Waals surface area contributed by atoms with Gasteiger partial charge in [-0.05, 0) is 33.6 Å². The fourth-order valence-corrected chi connectivity index (χ4v) is 2.99. The first-order valence-electron chi connectivity index (χ1n) is 10.7. The lowest BCUT2D eigenvalue weighted by Gasteiger charge is -2.19. The van der Waals surface area contributed by atoms with Gasteiger partial charge in [0.1, 0.15) is 5.60 Å². The molecule has 7 nitrogen and oxygen atoms in total. The minimum Gasteiger partial charge on any atom is -0.492 e. The van der Waals surface area contributed by atoms with Crippen molar-refractivity contribution in [1.29, 1.82) is 0 Å². The fourth-order valence-electron chi connectivity index (χ4n) is 2.99. The van der Waals surface area contributed by atoms with Crippen molar-refractivity contribution in [2.24, 2.45) is 0 Å². The number of aromatic nitrogens is 1. The largest absolute Gasteiger partial charge is 0.492 e. The predicted octanol–water partition coefficient (Wildman–Crippen LogP) is 4.88. The van der Waals surface area contributed by atoms with Crippen LogP contribution in [-0.4, -0.2) is 32.5 Å². The van der Waals surface area contributed by atoms with Gasteiger partial charge in [-0.3, -0.25) is 4.79 Å². The van der Waals surface area contributed by atoms with Gasteiger partial charge >= 0.3 is 11.9 Å². The monoisotopic (exact) mass is 411 g/mol. The van der Waals surface area contributed by atoms with Crippen LogP contribution in [0.25, 0.3) is 0 Å². The molecule has 1 rings (SSSR count). The molecule has 0 saturated carbocycles. The Hall–Kier alpha value is -2.18. The molecule has 0 aliphatic rings. The van der Waals surface area contributed by atoms with Gasteiger partial charge in [0.2, 0.25) is 11.8 Å². The summed E-state index contributed by atoms with van der Waals surface area (Å²) in [6.07, 6.45) is 11.3. The van der Waals surface area contributed by atoms with Crippen LogP contribution in [0.3, 0.4) is 0 Å². The summed E-state index contributed by atoms with van der Waals surface area (Å²) in [5.74, 6) is -1.19. The quantitative estimate of drug-likeness (QED) is 0.334. The average molecular weight is 412 g/mol. The molecule has 7 heteroatoms. The Kier molecular flexibility index (Phi) is 11.2. The Morgan fingerprint density at radius 2 is 1.14 bits per heavy atom. The van der Waals surface area contributed by atoms with Crippen LogP contribution in [0.4, 0.5) is 0 Å². The molecule has 0 aromatic carbocycles. The van der Waals surface area contributed by atoms with Crippen LogP contribution in [0.15, 0.2) is 12.1 Å². The lowest BCUT2D eigenvalue weighted by atomic mass is 10.1. The van der Waals surface area contributed by atoms with Crippen molar-refractivity contribution >= 4 is 11.9 Å². The molecule has 29 heavy (non-hydrogen) atoms. The summed E-state index contributed by atoms with van der Waals surface area (Å²) in [5, 5.41) is 18.8. The molecule has 1 aromatic rings. The number of esters is 1. The van der Waals surface area contributed by atoms with Crippen molar-refractivity contribution in [3.8, 4) is 11.8 Å². The van der Waals surface area contributed by atoms with Crippen LogP contribution in [0.1, 0.15) is 97.8 Å². The molecule has 1 aromatic heterocycles. The third kappa shape index (κ3) is 12.1. The third-order valence-electron chi connectivity index (χ3n) is 4.42. The first-order valence-corrected chi connectivity index (χ1v) is 10.7. The van der Waals surface area contributed by atoms with Crippen LogP contribution < -0.4 is 4.84 Å². The number of ether oxygens (including phenoxy) is 1. The molecule has 0 spiro atoms. The summed E-state index contributed by atoms with van der Waals surface area (Å²) in [6, 6.07) is 2.51. The molecule has 0 saturated heterocycles. The molecule has 0 aliphatic heterocycles. The van der Waals surface area contributed by atoms with Crippen LogP contribution >= 0.6 is 0 Å². The molecule has 0 radical (unpaired) electrons. The molecule has 0 bridgehead atoms. The fraction of sp³-hybridized carbons (Fsp3) is 0.727. The van der Waals surface area contributed by atoms with Crippen LogP contribution in [-0.2, 0) is 14.3 Å². The maximum Gasteiger partial charge on any atom is 0.333 e. The van der Waals surface area contributed by atoms with E-state index in [1.165, 1.54) is 31.4 Å². The third-order valence-corrected chi connectivity index (χ3v) is 4.42. The molecule has 0 unspecified atom stereocenters. The van der Waals surface area contributed by atoms with Crippen molar-refractivity contribution < 1.29 is 29.4 Å². The highest BCUT2D eigenvalue weighted by molar-refractivity contribution is 5.70. The topological polar surface area (TPSA) is 98.0 Å². The normalized spacial score (nSPS) is 11.4. The van der Waals surface area contributed by atoms with E-state index in [4.69, 9.17) is 9.57 Å². The second-order valence-corrected chi connectivity index (χ2v) is 8.43. The van der Waals surface area contributed by atoms with Gasteiger partial charge in [-0.1, -0.05) is 51.4 Å². The molecule has 0 fully saturated rings. The molecule has 2 N–H and O–H groups in total. The first-order chi connectivity index (χ1) is 13.7. The van der Waals surface area contributed by atoms with E-state index in [1.807, 2.05) is 20.8 Å². The van der Waals surface area contributed by atoms with Gasteiger partial charge in [0.15, 0.2) is 0 Å². The summed E-state index contributed by atoms with van der Waals surface area (Å²) < 4.78 is 6.01. The van der Waals surface area contributed by atoms with E-state index in [1.54, 1.807) is 0 Å². The van der Waals surface area contributed by atoms with E-state index in [9.17, 15) is 19.8 Å². The highest BCUT2D eigenvalue weighted by Crippen LogP contribution is 2.19. The standard InChI is InChI=1S/C22H37NO6/c1-22(2,3)28-20(26)14-12-10-8-6-4-5-7-9-11-13-15-21(27)29-23-18(24)16-17-19(23)25/h16-17,24-25H,4-15H2,1-3H3. The summed E-state index contributed by atoms with van der Waals surface area (Å²) >= 11 is 0. The van der Waals surface area contributed by atoms with Crippen molar-refractivity contribution in [3.05, 3.63) is 12.1 Å². The molecule has 166 valence electrons. The SMILES string of the molecule is CC(C)(C)OC(=O)CCCCCCCCCCCCC(=O)On1c(O)ccc1O. The second-order valence-electron chi connectivity index (χ2n) is 8.43. The van der Waals surface area contributed by atoms with Gasteiger partial charge < -0.3 is 19.8 Å². The Balaban J connectivity index is 1.89. The maximum absolute atomic E-state index is 11.7. The van der Waals surface area contributed by atoms with Gasteiger partial charge in [-0.25, -0.2) is 4.79 Å². The van der Waals surface area contributed by atoms with Crippen LogP contribution in [0.2, 0.25) is 0 Å². The van der Waals surface area contributed by atoms with Crippen LogP contribution in [0, 0.1) is 0 Å². The maximum atomic E-state index is 11.7. The zero-order valence-electron chi connectivity index (χ0n) is 18.1. The summed E-state index contributed by atoms with van der Waals surface area (Å²) in [6.45, 7) is 5.66. The second kappa shape index (κ2) is 13.1. The lowest BCUT2D eigenvalue weighted by molar-refractivity contribution is -0.155. The highest BCUT2D eigenvalue weighted by Gasteiger charge is 2.15. The van der Waals surface area contributed by atoms with Crippen molar-refractivity contribution in [1.82, 2.24) is 4.73 Å². The van der Waals surface area contributed by atoms with Crippen molar-refractivity contribution in [2.75, 3.05) is 0 Å². The number of hydrogen-bond acceptors (Lipinski definition) is 6. The molecule has 1 heterocycles. The first kappa shape index (κ1) is 24.9. The molecular formula is C22H37NO6. The lowest BCUT2D eigenvalue weighted by Crippen LogP contribution is -2.23. The molecule has 0 atom stereocenters. The Morgan fingerprint density at radius 3 is 1.55 bits per heavy atom. The van der Waals surface area contributed by atoms with Gasteiger partial charge in [0.05, 0.1) is 0 Å². The summed E-state index contributed by atoms with van der Waals surface area (Å²) in [4.78, 5) is 28.2. The zero-order valence-corrected chi connectivity index (χ0v) is 18.1. The molecule has 0 aliphatic carbocycles. The van der Waals surface area contributed by atoms with E-state index in [2.05, 4.69) is 0 Å². The Bertz CT molecular complexity index is 598. The number of aromatic hydroxyl groups is 2. The highest BCUT2D eigenvalue weighted by atomic mass is 16.7. The minimum atomic E-state index is -0.474. The number of rotatable bonds is 14. The van der Waals surface area contributed by atoms with E-state index < -0.39 is 11.6 Å². The predicted molar refractivity (Wildman–Crippen MR) is 111 cm³/mol. The number of nitrogens with zero attached hydrogens (tertiary/aromatic N) is 1. The Labute approximate surface area is 174 Å². The number of carbonyl (C=O) groups excluding carboxylic acids is 2. The van der Waals surface area contributed by atoms with Gasteiger partial charge in [0.25, 0.3) is 0 Å². The van der Waals surface area contributed by atoms with Crippen molar-refractivity contribution in [3.63, 3.8) is 0 Å².